The van der Waals surface area contributed by atoms with Crippen LogP contribution in [0.2, 0.25) is 0 Å². The molecule has 3 nitrogen and oxygen atoms in total. The van der Waals surface area contributed by atoms with E-state index in [2.05, 4.69) is 5.10 Å². The summed E-state index contributed by atoms with van der Waals surface area (Å²) < 4.78 is 1.68. The molecular formula is C9H10N2OS. The van der Waals surface area contributed by atoms with E-state index >= 15 is 0 Å². The maximum absolute atomic E-state index is 9.90. The van der Waals surface area contributed by atoms with E-state index in [1.807, 2.05) is 30.6 Å². The second-order valence-electron chi connectivity index (χ2n) is 2.80. The fraction of sp³-hybridized carbons (Fsp3) is 0.222. The van der Waals surface area contributed by atoms with Gasteiger partial charge in [0, 0.05) is 18.1 Å². The Morgan fingerprint density at radius 2 is 2.38 bits per heavy atom. The molecule has 0 aliphatic rings. The number of hydrogen-bond donors (Lipinski definition) is 1. The first kappa shape index (κ1) is 8.47. The average Bonchev–Trinajstić information content (AvgIpc) is 2.72. The van der Waals surface area contributed by atoms with E-state index in [9.17, 15) is 5.11 Å². The van der Waals surface area contributed by atoms with E-state index in [1.165, 1.54) is 0 Å². The van der Waals surface area contributed by atoms with E-state index in [1.54, 1.807) is 22.2 Å². The molecular weight excluding hydrogens is 184 g/mol. The minimum atomic E-state index is -0.549. The first-order valence-corrected chi connectivity index (χ1v) is 4.86. The molecule has 0 radical (unpaired) electrons. The smallest absolute Gasteiger partial charge is 0.130 e. The Morgan fingerprint density at radius 3 is 2.92 bits per heavy atom. The van der Waals surface area contributed by atoms with Crippen LogP contribution < -0.4 is 0 Å². The van der Waals surface area contributed by atoms with Gasteiger partial charge in [0.1, 0.15) is 6.10 Å². The van der Waals surface area contributed by atoms with Crippen molar-refractivity contribution in [3.05, 3.63) is 40.3 Å². The van der Waals surface area contributed by atoms with Crippen LogP contribution in [0.3, 0.4) is 0 Å². The second-order valence-corrected chi connectivity index (χ2v) is 3.78. The number of aromatic nitrogens is 2. The van der Waals surface area contributed by atoms with Gasteiger partial charge in [0.2, 0.25) is 0 Å². The predicted octanol–water partition coefficient (Wildman–Crippen LogP) is 1.56. The van der Waals surface area contributed by atoms with Crippen molar-refractivity contribution >= 4 is 11.3 Å². The lowest BCUT2D eigenvalue weighted by Gasteiger charge is -2.07. The van der Waals surface area contributed by atoms with Crippen LogP contribution in [0.15, 0.2) is 29.8 Å². The molecule has 2 rings (SSSR count). The van der Waals surface area contributed by atoms with E-state index in [0.29, 0.717) is 0 Å². The average molecular weight is 194 g/mol. The number of thiophene rings is 1. The quantitative estimate of drug-likeness (QED) is 0.788. The van der Waals surface area contributed by atoms with Crippen LogP contribution in [0.4, 0.5) is 0 Å². The summed E-state index contributed by atoms with van der Waals surface area (Å²) in [6.45, 7) is 0. The lowest BCUT2D eigenvalue weighted by atomic mass is 10.2. The first-order valence-electron chi connectivity index (χ1n) is 3.98. The number of aryl methyl sites for hydroxylation is 1. The number of nitrogens with zero attached hydrogens (tertiary/aromatic N) is 2. The summed E-state index contributed by atoms with van der Waals surface area (Å²) in [6.07, 6.45) is 1.14. The largest absolute Gasteiger partial charge is 0.381 e. The molecule has 0 amide bonds. The van der Waals surface area contributed by atoms with E-state index in [4.69, 9.17) is 0 Å². The zero-order chi connectivity index (χ0) is 9.26. The molecule has 0 saturated heterocycles. The van der Waals surface area contributed by atoms with Gasteiger partial charge in [-0.1, -0.05) is 6.07 Å². The third-order valence-corrected chi connectivity index (χ3v) is 2.88. The van der Waals surface area contributed by atoms with E-state index in [0.717, 1.165) is 10.6 Å². The summed E-state index contributed by atoms with van der Waals surface area (Å²) in [5, 5.41) is 15.9. The van der Waals surface area contributed by atoms with Gasteiger partial charge in [0.25, 0.3) is 0 Å². The highest BCUT2D eigenvalue weighted by atomic mass is 32.1. The number of hydrogen-bond acceptors (Lipinski definition) is 3. The van der Waals surface area contributed by atoms with Crippen molar-refractivity contribution in [2.24, 2.45) is 7.05 Å². The highest BCUT2D eigenvalue weighted by Crippen LogP contribution is 2.24. The molecule has 1 N–H and O–H groups in total. The molecule has 2 aromatic rings. The molecule has 0 aliphatic heterocycles. The Hall–Kier alpha value is -1.13. The normalized spacial score (nSPS) is 13.1. The highest BCUT2D eigenvalue weighted by Gasteiger charge is 2.13. The van der Waals surface area contributed by atoms with Crippen LogP contribution in [0.25, 0.3) is 0 Å². The molecule has 0 saturated carbocycles. The molecule has 0 unspecified atom stereocenters. The Bertz CT molecular complexity index is 380. The standard InChI is InChI=1S/C9H10N2OS/c1-11-7(4-5-10-11)9(12)8-3-2-6-13-8/h2-6,9,12H,1H3/t9-/m0/s1. The van der Waals surface area contributed by atoms with Crippen LogP contribution in [0.5, 0.6) is 0 Å². The Balaban J connectivity index is 2.33. The van der Waals surface area contributed by atoms with Crippen molar-refractivity contribution in [1.82, 2.24) is 9.78 Å². The molecule has 0 fully saturated rings. The topological polar surface area (TPSA) is 38.0 Å². The lowest BCUT2D eigenvalue weighted by molar-refractivity contribution is 0.213. The van der Waals surface area contributed by atoms with Gasteiger partial charge in [-0.2, -0.15) is 5.10 Å². The zero-order valence-corrected chi connectivity index (χ0v) is 8.03. The summed E-state index contributed by atoms with van der Waals surface area (Å²) in [6, 6.07) is 5.67. The van der Waals surface area contributed by atoms with Crippen molar-refractivity contribution in [1.29, 1.82) is 0 Å². The minimum absolute atomic E-state index is 0.549. The highest BCUT2D eigenvalue weighted by molar-refractivity contribution is 7.10. The second kappa shape index (κ2) is 3.32. The number of rotatable bonds is 2. The van der Waals surface area contributed by atoms with Crippen molar-refractivity contribution in [3.8, 4) is 0 Å². The SMILES string of the molecule is Cn1nccc1[C@H](O)c1cccs1. The van der Waals surface area contributed by atoms with Gasteiger partial charge < -0.3 is 5.11 Å². The zero-order valence-electron chi connectivity index (χ0n) is 7.21. The first-order chi connectivity index (χ1) is 6.29. The van der Waals surface area contributed by atoms with Crippen LogP contribution in [-0.4, -0.2) is 14.9 Å². The van der Waals surface area contributed by atoms with Gasteiger partial charge in [0.05, 0.1) is 5.69 Å². The van der Waals surface area contributed by atoms with Gasteiger partial charge in [-0.3, -0.25) is 4.68 Å². The van der Waals surface area contributed by atoms with E-state index in [-0.39, 0.29) is 0 Å². The summed E-state index contributed by atoms with van der Waals surface area (Å²) in [5.74, 6) is 0. The lowest BCUT2D eigenvalue weighted by Crippen LogP contribution is -2.04. The molecule has 68 valence electrons. The van der Waals surface area contributed by atoms with Crippen LogP contribution >= 0.6 is 11.3 Å². The van der Waals surface area contributed by atoms with Crippen molar-refractivity contribution in [2.75, 3.05) is 0 Å². The van der Waals surface area contributed by atoms with Crippen LogP contribution in [0.1, 0.15) is 16.7 Å². The molecule has 2 heterocycles. The Labute approximate surface area is 80.3 Å². The maximum Gasteiger partial charge on any atom is 0.130 e. The fourth-order valence-electron chi connectivity index (χ4n) is 1.24. The number of aliphatic hydroxyl groups is 1. The molecule has 0 spiro atoms. The monoisotopic (exact) mass is 194 g/mol. The third kappa shape index (κ3) is 1.50. The summed E-state index contributed by atoms with van der Waals surface area (Å²) in [4.78, 5) is 0.948. The Kier molecular flexibility index (Phi) is 2.16. The number of aliphatic hydroxyl groups excluding tert-OH is 1. The van der Waals surface area contributed by atoms with Gasteiger partial charge in [0.15, 0.2) is 0 Å². The summed E-state index contributed by atoms with van der Waals surface area (Å²) in [7, 11) is 1.83. The third-order valence-electron chi connectivity index (χ3n) is 1.95. The van der Waals surface area contributed by atoms with Crippen molar-refractivity contribution < 1.29 is 5.11 Å². The molecule has 0 aliphatic carbocycles. The molecule has 0 aromatic carbocycles. The van der Waals surface area contributed by atoms with Crippen molar-refractivity contribution in [2.45, 2.75) is 6.10 Å². The van der Waals surface area contributed by atoms with Gasteiger partial charge >= 0.3 is 0 Å². The van der Waals surface area contributed by atoms with Gasteiger partial charge in [-0.15, -0.1) is 11.3 Å². The summed E-state index contributed by atoms with van der Waals surface area (Å²) >= 11 is 1.55. The van der Waals surface area contributed by atoms with E-state index < -0.39 is 6.10 Å². The molecule has 1 atom stereocenters. The fourth-order valence-corrected chi connectivity index (χ4v) is 1.97. The van der Waals surface area contributed by atoms with Crippen LogP contribution in [0, 0.1) is 0 Å². The van der Waals surface area contributed by atoms with Gasteiger partial charge in [-0.05, 0) is 17.5 Å². The molecule has 13 heavy (non-hydrogen) atoms. The van der Waals surface area contributed by atoms with Gasteiger partial charge in [-0.25, -0.2) is 0 Å². The minimum Gasteiger partial charge on any atom is -0.381 e. The van der Waals surface area contributed by atoms with Crippen LogP contribution in [-0.2, 0) is 7.05 Å². The molecule has 4 heteroatoms. The molecule has 2 aromatic heterocycles. The predicted molar refractivity (Wildman–Crippen MR) is 51.6 cm³/mol. The maximum atomic E-state index is 9.90. The summed E-state index contributed by atoms with van der Waals surface area (Å²) in [5.41, 5.74) is 0.822. The van der Waals surface area contributed by atoms with Crippen molar-refractivity contribution in [3.63, 3.8) is 0 Å². The Morgan fingerprint density at radius 1 is 1.54 bits per heavy atom. The molecule has 0 bridgehead atoms.